The summed E-state index contributed by atoms with van der Waals surface area (Å²) in [6.45, 7) is 2.43. The first-order chi connectivity index (χ1) is 11.4. The van der Waals surface area contributed by atoms with Gasteiger partial charge in [0.1, 0.15) is 0 Å². The van der Waals surface area contributed by atoms with Crippen LogP contribution in [0.15, 0.2) is 40.9 Å². The number of benzene rings is 2. The molecule has 0 radical (unpaired) electrons. The Bertz CT molecular complexity index is 717. The minimum absolute atomic E-state index is 0.187. The molecule has 2 rings (SSSR count). The molecule has 0 unspecified atom stereocenters. The van der Waals surface area contributed by atoms with Gasteiger partial charge < -0.3 is 19.7 Å². The lowest BCUT2D eigenvalue weighted by atomic mass is 10.1. The van der Waals surface area contributed by atoms with Crippen LogP contribution in [0.2, 0.25) is 0 Å². The number of hydrogen-bond donors (Lipinski definition) is 1. The molecule has 0 aromatic heterocycles. The highest BCUT2D eigenvalue weighted by atomic mass is 79.9. The molecule has 128 valence electrons. The van der Waals surface area contributed by atoms with Gasteiger partial charge in [0.15, 0.2) is 11.5 Å². The van der Waals surface area contributed by atoms with E-state index in [0.717, 1.165) is 15.6 Å². The highest BCUT2D eigenvalue weighted by Gasteiger charge is 2.14. The Hall–Kier alpha value is -2.21. The second kappa shape index (κ2) is 8.06. The molecule has 0 heterocycles. The van der Waals surface area contributed by atoms with Crippen LogP contribution in [0, 0.1) is 6.92 Å². The summed E-state index contributed by atoms with van der Waals surface area (Å²) in [4.78, 5) is 14.0. The van der Waals surface area contributed by atoms with Gasteiger partial charge in [-0.15, -0.1) is 0 Å². The molecule has 2 aromatic carbocycles. The zero-order chi connectivity index (χ0) is 17.7. The van der Waals surface area contributed by atoms with E-state index in [9.17, 15) is 4.79 Å². The first kappa shape index (κ1) is 18.1. The number of aryl methyl sites for hydroxylation is 1. The summed E-state index contributed by atoms with van der Waals surface area (Å²) >= 11 is 3.40. The van der Waals surface area contributed by atoms with Crippen LogP contribution >= 0.6 is 15.9 Å². The number of nitrogens with one attached hydrogen (secondary N) is 1. The number of methoxy groups -OCH3 is 2. The van der Waals surface area contributed by atoms with Gasteiger partial charge in [0.05, 0.1) is 14.2 Å². The van der Waals surface area contributed by atoms with Crippen molar-refractivity contribution in [2.24, 2.45) is 0 Å². The van der Waals surface area contributed by atoms with Crippen LogP contribution in [0.5, 0.6) is 11.5 Å². The van der Waals surface area contributed by atoms with Gasteiger partial charge in [-0.1, -0.05) is 28.1 Å². The molecule has 0 spiro atoms. The number of hydrogen-bond acceptors (Lipinski definition) is 3. The van der Waals surface area contributed by atoms with Gasteiger partial charge in [-0.25, -0.2) is 4.79 Å². The topological polar surface area (TPSA) is 50.8 Å². The minimum atomic E-state index is -0.187. The average molecular weight is 393 g/mol. The van der Waals surface area contributed by atoms with E-state index >= 15 is 0 Å². The summed E-state index contributed by atoms with van der Waals surface area (Å²) in [5.41, 5.74) is 2.65. The largest absolute Gasteiger partial charge is 0.493 e. The van der Waals surface area contributed by atoms with Gasteiger partial charge in [0.2, 0.25) is 0 Å². The summed E-state index contributed by atoms with van der Waals surface area (Å²) in [7, 11) is 4.91. The molecule has 0 fully saturated rings. The highest BCUT2D eigenvalue weighted by Crippen LogP contribution is 2.33. The fourth-order valence-corrected chi connectivity index (χ4v) is 2.53. The smallest absolute Gasteiger partial charge is 0.321 e. The monoisotopic (exact) mass is 392 g/mol. The summed E-state index contributed by atoms with van der Waals surface area (Å²) in [5, 5.41) is 2.91. The number of nitrogens with zero attached hydrogens (tertiary/aromatic N) is 1. The number of carbonyl (C=O) groups excluding carboxylic acids is 1. The van der Waals surface area contributed by atoms with Crippen molar-refractivity contribution in [3.8, 4) is 11.5 Å². The standard InChI is InChI=1S/C18H21BrN2O3/c1-12-9-16(23-3)17(24-4)10-15(12)20-18(22)21(2)11-13-5-7-14(19)8-6-13/h5-10H,11H2,1-4H3,(H,20,22). The molecule has 2 aromatic rings. The Labute approximate surface area is 150 Å². The normalized spacial score (nSPS) is 10.2. The van der Waals surface area contributed by atoms with Crippen LogP contribution in [0.4, 0.5) is 10.5 Å². The fraction of sp³-hybridized carbons (Fsp3) is 0.278. The number of halogens is 1. The molecule has 0 atom stereocenters. The average Bonchev–Trinajstić information content (AvgIpc) is 2.58. The molecule has 0 bridgehead atoms. The van der Waals surface area contributed by atoms with Crippen LogP contribution in [-0.2, 0) is 6.54 Å². The van der Waals surface area contributed by atoms with Gasteiger partial charge >= 0.3 is 6.03 Å². The quantitative estimate of drug-likeness (QED) is 0.817. The van der Waals surface area contributed by atoms with Crippen molar-refractivity contribution in [2.45, 2.75) is 13.5 Å². The molecule has 5 nitrogen and oxygen atoms in total. The zero-order valence-corrected chi connectivity index (χ0v) is 15.8. The van der Waals surface area contributed by atoms with Gasteiger partial charge in [0, 0.05) is 29.8 Å². The first-order valence-corrected chi connectivity index (χ1v) is 8.23. The van der Waals surface area contributed by atoms with Gasteiger partial charge in [0.25, 0.3) is 0 Å². The molecule has 0 saturated heterocycles. The molecule has 0 saturated carbocycles. The molecule has 0 aliphatic rings. The number of amides is 2. The van der Waals surface area contributed by atoms with Crippen molar-refractivity contribution in [3.05, 3.63) is 52.0 Å². The van der Waals surface area contributed by atoms with Crippen LogP contribution in [0.1, 0.15) is 11.1 Å². The van der Waals surface area contributed by atoms with Crippen molar-refractivity contribution in [3.63, 3.8) is 0 Å². The molecule has 1 N–H and O–H groups in total. The lowest BCUT2D eigenvalue weighted by Crippen LogP contribution is -2.31. The maximum absolute atomic E-state index is 12.4. The third-order valence-electron chi connectivity index (χ3n) is 3.65. The van der Waals surface area contributed by atoms with Crippen molar-refractivity contribution < 1.29 is 14.3 Å². The molecule has 24 heavy (non-hydrogen) atoms. The first-order valence-electron chi connectivity index (χ1n) is 7.43. The predicted octanol–water partition coefficient (Wildman–Crippen LogP) is 4.44. The van der Waals surface area contributed by atoms with Crippen LogP contribution in [0.25, 0.3) is 0 Å². The Balaban J connectivity index is 2.09. The Kier molecular flexibility index (Phi) is 6.09. The molecular weight excluding hydrogens is 372 g/mol. The highest BCUT2D eigenvalue weighted by molar-refractivity contribution is 9.10. The molecule has 0 aliphatic heterocycles. The Morgan fingerprint density at radius 3 is 2.29 bits per heavy atom. The van der Waals surface area contributed by atoms with E-state index in [1.165, 1.54) is 0 Å². The van der Waals surface area contributed by atoms with Crippen molar-refractivity contribution in [1.29, 1.82) is 0 Å². The molecule has 0 aliphatic carbocycles. The van der Waals surface area contributed by atoms with Crippen LogP contribution in [-0.4, -0.2) is 32.2 Å². The maximum atomic E-state index is 12.4. The lowest BCUT2D eigenvalue weighted by molar-refractivity contribution is 0.220. The molecule has 6 heteroatoms. The van der Waals surface area contributed by atoms with E-state index < -0.39 is 0 Å². The summed E-state index contributed by atoms with van der Waals surface area (Å²) in [6.07, 6.45) is 0. The van der Waals surface area contributed by atoms with E-state index in [4.69, 9.17) is 9.47 Å². The molecule has 2 amide bonds. The Morgan fingerprint density at radius 2 is 1.71 bits per heavy atom. The van der Waals surface area contributed by atoms with Crippen molar-refractivity contribution >= 4 is 27.6 Å². The van der Waals surface area contributed by atoms with Gasteiger partial charge in [-0.3, -0.25) is 0 Å². The van der Waals surface area contributed by atoms with E-state index in [1.54, 1.807) is 32.2 Å². The van der Waals surface area contributed by atoms with E-state index in [-0.39, 0.29) is 6.03 Å². The molecular formula is C18H21BrN2O3. The van der Waals surface area contributed by atoms with E-state index in [2.05, 4.69) is 21.2 Å². The van der Waals surface area contributed by atoms with E-state index in [1.807, 2.05) is 37.3 Å². The summed E-state index contributed by atoms with van der Waals surface area (Å²) < 4.78 is 11.6. The second-order valence-corrected chi connectivity index (χ2v) is 6.35. The minimum Gasteiger partial charge on any atom is -0.493 e. The summed E-state index contributed by atoms with van der Waals surface area (Å²) in [5.74, 6) is 1.21. The van der Waals surface area contributed by atoms with Crippen molar-refractivity contribution in [1.82, 2.24) is 4.90 Å². The fourth-order valence-electron chi connectivity index (χ4n) is 2.26. The zero-order valence-electron chi connectivity index (χ0n) is 14.2. The van der Waals surface area contributed by atoms with Crippen LogP contribution in [0.3, 0.4) is 0 Å². The SMILES string of the molecule is COc1cc(C)c(NC(=O)N(C)Cc2ccc(Br)cc2)cc1OC. The van der Waals surface area contributed by atoms with Gasteiger partial charge in [-0.05, 0) is 36.2 Å². The maximum Gasteiger partial charge on any atom is 0.321 e. The van der Waals surface area contributed by atoms with Gasteiger partial charge in [-0.2, -0.15) is 0 Å². The summed E-state index contributed by atoms with van der Waals surface area (Å²) in [6, 6.07) is 11.3. The number of ether oxygens (including phenoxy) is 2. The van der Waals surface area contributed by atoms with Crippen molar-refractivity contribution in [2.75, 3.05) is 26.6 Å². The number of urea groups is 1. The lowest BCUT2D eigenvalue weighted by Gasteiger charge is -2.20. The van der Waals surface area contributed by atoms with Crippen LogP contribution < -0.4 is 14.8 Å². The third-order valence-corrected chi connectivity index (χ3v) is 4.18. The second-order valence-electron chi connectivity index (χ2n) is 5.43. The third kappa shape index (κ3) is 4.41. The predicted molar refractivity (Wildman–Crippen MR) is 98.9 cm³/mol. The number of rotatable bonds is 5. The van der Waals surface area contributed by atoms with E-state index in [0.29, 0.717) is 23.7 Å². The number of carbonyl (C=O) groups is 1. The number of anilines is 1. The Morgan fingerprint density at radius 1 is 1.12 bits per heavy atom.